The second-order valence-electron chi connectivity index (χ2n) is 2.81. The van der Waals surface area contributed by atoms with Crippen molar-refractivity contribution in [1.29, 1.82) is 0 Å². The Kier molecular flexibility index (Phi) is 6.47. The van der Waals surface area contributed by atoms with Crippen molar-refractivity contribution in [2.24, 2.45) is 16.5 Å². The lowest BCUT2D eigenvalue weighted by Gasteiger charge is -2.09. The SMILES string of the molecule is CN=C(N)NCCC[C@H](N)C(=O)OC. The summed E-state index contributed by atoms with van der Waals surface area (Å²) in [5.74, 6) is -0.00114. The van der Waals surface area contributed by atoms with Crippen LogP contribution in [0.25, 0.3) is 0 Å². The molecule has 0 heterocycles. The number of hydrogen-bond acceptors (Lipinski definition) is 4. The number of carbonyl (C=O) groups is 1. The van der Waals surface area contributed by atoms with Gasteiger partial charge in [0.15, 0.2) is 5.96 Å². The molecule has 0 amide bonds. The average molecular weight is 202 g/mol. The fourth-order valence-electron chi connectivity index (χ4n) is 0.887. The van der Waals surface area contributed by atoms with E-state index < -0.39 is 6.04 Å². The molecule has 0 fully saturated rings. The molecular formula is C8H18N4O2. The van der Waals surface area contributed by atoms with E-state index in [0.717, 1.165) is 6.42 Å². The number of esters is 1. The summed E-state index contributed by atoms with van der Waals surface area (Å²) in [4.78, 5) is 14.6. The summed E-state index contributed by atoms with van der Waals surface area (Å²) in [5.41, 5.74) is 10.9. The molecule has 82 valence electrons. The molecule has 0 aliphatic carbocycles. The zero-order chi connectivity index (χ0) is 11.0. The number of ether oxygens (including phenoxy) is 1. The number of carbonyl (C=O) groups excluding carboxylic acids is 1. The van der Waals surface area contributed by atoms with E-state index in [0.29, 0.717) is 18.9 Å². The zero-order valence-corrected chi connectivity index (χ0v) is 8.62. The molecule has 0 spiro atoms. The van der Waals surface area contributed by atoms with Crippen LogP contribution < -0.4 is 16.8 Å². The van der Waals surface area contributed by atoms with Crippen molar-refractivity contribution in [2.75, 3.05) is 20.7 Å². The van der Waals surface area contributed by atoms with E-state index in [2.05, 4.69) is 15.0 Å². The first-order valence-corrected chi connectivity index (χ1v) is 4.41. The molecule has 0 aliphatic rings. The van der Waals surface area contributed by atoms with Gasteiger partial charge in [0.2, 0.25) is 0 Å². The minimum Gasteiger partial charge on any atom is -0.468 e. The van der Waals surface area contributed by atoms with Crippen LogP contribution in [0.3, 0.4) is 0 Å². The van der Waals surface area contributed by atoms with Crippen LogP contribution in [0, 0.1) is 0 Å². The predicted molar refractivity (Wildman–Crippen MR) is 54.8 cm³/mol. The van der Waals surface area contributed by atoms with Gasteiger partial charge >= 0.3 is 5.97 Å². The van der Waals surface area contributed by atoms with E-state index in [1.807, 2.05) is 0 Å². The smallest absolute Gasteiger partial charge is 0.322 e. The van der Waals surface area contributed by atoms with Gasteiger partial charge in [-0.15, -0.1) is 0 Å². The number of nitrogens with zero attached hydrogens (tertiary/aromatic N) is 1. The second-order valence-corrected chi connectivity index (χ2v) is 2.81. The van der Waals surface area contributed by atoms with Gasteiger partial charge in [-0.2, -0.15) is 0 Å². The molecule has 5 N–H and O–H groups in total. The topological polar surface area (TPSA) is 103 Å². The fraction of sp³-hybridized carbons (Fsp3) is 0.750. The molecule has 0 bridgehead atoms. The molecule has 14 heavy (non-hydrogen) atoms. The fourth-order valence-corrected chi connectivity index (χ4v) is 0.887. The lowest BCUT2D eigenvalue weighted by Crippen LogP contribution is -2.35. The zero-order valence-electron chi connectivity index (χ0n) is 8.62. The van der Waals surface area contributed by atoms with E-state index in [1.165, 1.54) is 7.11 Å². The number of methoxy groups -OCH3 is 1. The van der Waals surface area contributed by atoms with Crippen LogP contribution >= 0.6 is 0 Å². The third-order valence-electron chi connectivity index (χ3n) is 1.74. The van der Waals surface area contributed by atoms with E-state index in [-0.39, 0.29) is 5.97 Å². The van der Waals surface area contributed by atoms with Gasteiger partial charge in [-0.3, -0.25) is 9.79 Å². The van der Waals surface area contributed by atoms with Crippen LogP contribution in [0.1, 0.15) is 12.8 Å². The Hall–Kier alpha value is -1.30. The summed E-state index contributed by atoms with van der Waals surface area (Å²) >= 11 is 0. The summed E-state index contributed by atoms with van der Waals surface area (Å²) in [6.45, 7) is 0.647. The Balaban J connectivity index is 3.50. The second kappa shape index (κ2) is 7.14. The lowest BCUT2D eigenvalue weighted by molar-refractivity contribution is -0.142. The molecule has 6 heteroatoms. The first kappa shape index (κ1) is 12.7. The van der Waals surface area contributed by atoms with Gasteiger partial charge in [-0.1, -0.05) is 0 Å². The highest BCUT2D eigenvalue weighted by Crippen LogP contribution is 1.94. The summed E-state index contributed by atoms with van der Waals surface area (Å²) in [5, 5.41) is 2.86. The van der Waals surface area contributed by atoms with Crippen LogP contribution in [0.5, 0.6) is 0 Å². The molecule has 0 aromatic carbocycles. The van der Waals surface area contributed by atoms with Gasteiger partial charge in [-0.05, 0) is 12.8 Å². The Labute approximate surface area is 83.7 Å². The highest BCUT2D eigenvalue weighted by Gasteiger charge is 2.12. The molecule has 1 atom stereocenters. The molecular weight excluding hydrogens is 184 g/mol. The van der Waals surface area contributed by atoms with E-state index in [4.69, 9.17) is 11.5 Å². The van der Waals surface area contributed by atoms with Crippen molar-refractivity contribution in [3.63, 3.8) is 0 Å². The third-order valence-corrected chi connectivity index (χ3v) is 1.74. The Bertz CT molecular complexity index is 206. The van der Waals surface area contributed by atoms with Crippen LogP contribution in [-0.4, -0.2) is 38.7 Å². The van der Waals surface area contributed by atoms with E-state index >= 15 is 0 Å². The van der Waals surface area contributed by atoms with Gasteiger partial charge in [0, 0.05) is 13.6 Å². The molecule has 0 radical (unpaired) electrons. The van der Waals surface area contributed by atoms with Crippen LogP contribution in [0.15, 0.2) is 4.99 Å². The molecule has 0 aromatic rings. The van der Waals surface area contributed by atoms with E-state index in [1.54, 1.807) is 7.05 Å². The summed E-state index contributed by atoms with van der Waals surface area (Å²) < 4.78 is 4.48. The quantitative estimate of drug-likeness (QED) is 0.225. The maximum Gasteiger partial charge on any atom is 0.322 e. The van der Waals surface area contributed by atoms with Gasteiger partial charge in [-0.25, -0.2) is 0 Å². The van der Waals surface area contributed by atoms with Crippen molar-refractivity contribution in [3.05, 3.63) is 0 Å². The molecule has 0 aromatic heterocycles. The summed E-state index contributed by atoms with van der Waals surface area (Å²) in [6.07, 6.45) is 1.31. The predicted octanol–water partition coefficient (Wildman–Crippen LogP) is -1.20. The van der Waals surface area contributed by atoms with Crippen LogP contribution in [0.2, 0.25) is 0 Å². The van der Waals surface area contributed by atoms with Crippen molar-refractivity contribution >= 4 is 11.9 Å². The summed E-state index contributed by atoms with van der Waals surface area (Å²) in [7, 11) is 2.92. The Morgan fingerprint density at radius 2 is 2.29 bits per heavy atom. The molecule has 0 saturated heterocycles. The standard InChI is InChI=1S/C8H18N4O2/c1-11-8(10)12-5-3-4-6(9)7(13)14-2/h6H,3-5,9H2,1-2H3,(H3,10,11,12)/t6-/m0/s1. The van der Waals surface area contributed by atoms with Crippen LogP contribution in [0.4, 0.5) is 0 Å². The number of nitrogens with two attached hydrogens (primary N) is 2. The van der Waals surface area contributed by atoms with Gasteiger partial charge < -0.3 is 21.5 Å². The largest absolute Gasteiger partial charge is 0.468 e. The minimum absolute atomic E-state index is 0.386. The minimum atomic E-state index is -0.554. The first-order chi connectivity index (χ1) is 6.61. The van der Waals surface area contributed by atoms with Crippen molar-refractivity contribution in [1.82, 2.24) is 5.32 Å². The molecule has 0 rings (SSSR count). The summed E-state index contributed by atoms with van der Waals surface area (Å²) in [6, 6.07) is -0.554. The Morgan fingerprint density at radius 1 is 1.64 bits per heavy atom. The van der Waals surface area contributed by atoms with Crippen molar-refractivity contribution < 1.29 is 9.53 Å². The first-order valence-electron chi connectivity index (χ1n) is 4.41. The monoisotopic (exact) mass is 202 g/mol. The molecule has 0 unspecified atom stereocenters. The normalized spacial score (nSPS) is 13.5. The average Bonchev–Trinajstić information content (AvgIpc) is 2.22. The maximum atomic E-state index is 10.9. The van der Waals surface area contributed by atoms with Gasteiger partial charge in [0.25, 0.3) is 0 Å². The van der Waals surface area contributed by atoms with Crippen molar-refractivity contribution in [3.8, 4) is 0 Å². The van der Waals surface area contributed by atoms with Gasteiger partial charge in [0.05, 0.1) is 7.11 Å². The molecule has 0 saturated carbocycles. The van der Waals surface area contributed by atoms with E-state index in [9.17, 15) is 4.79 Å². The Morgan fingerprint density at radius 3 is 2.79 bits per heavy atom. The molecule has 6 nitrogen and oxygen atoms in total. The van der Waals surface area contributed by atoms with Crippen molar-refractivity contribution in [2.45, 2.75) is 18.9 Å². The number of nitrogens with one attached hydrogen (secondary N) is 1. The highest BCUT2D eigenvalue weighted by atomic mass is 16.5. The van der Waals surface area contributed by atoms with Crippen LogP contribution in [-0.2, 0) is 9.53 Å². The maximum absolute atomic E-state index is 10.9. The number of rotatable bonds is 5. The lowest BCUT2D eigenvalue weighted by atomic mass is 10.2. The number of guanidine groups is 1. The number of hydrogen-bond donors (Lipinski definition) is 3. The molecule has 0 aliphatic heterocycles. The number of aliphatic imine (C=N–C) groups is 1. The third kappa shape index (κ3) is 5.36. The highest BCUT2D eigenvalue weighted by molar-refractivity contribution is 5.77. The van der Waals surface area contributed by atoms with Gasteiger partial charge in [0.1, 0.15) is 6.04 Å².